The maximum Gasteiger partial charge on any atom is 0.331 e. The number of aryl methyl sites for hydroxylation is 1. The quantitative estimate of drug-likeness (QED) is 0.358. The summed E-state index contributed by atoms with van der Waals surface area (Å²) in [6, 6.07) is 4.84. The van der Waals surface area contributed by atoms with Crippen LogP contribution in [0, 0.1) is 6.92 Å². The lowest BCUT2D eigenvalue weighted by molar-refractivity contribution is -0.139. The molecule has 0 bridgehead atoms. The second-order valence-electron chi connectivity index (χ2n) is 3.43. The monoisotopic (exact) mass is 256 g/mol. The van der Waals surface area contributed by atoms with Gasteiger partial charge in [-0.25, -0.2) is 4.79 Å². The number of rotatable bonds is 4. The van der Waals surface area contributed by atoms with Gasteiger partial charge in [-0.3, -0.25) is 4.79 Å². The van der Waals surface area contributed by atoms with Gasteiger partial charge in [-0.1, -0.05) is 0 Å². The smallest absolute Gasteiger partial charge is 0.331 e. The van der Waals surface area contributed by atoms with Crippen LogP contribution in [-0.4, -0.2) is 31.3 Å². The number of methoxy groups -OCH3 is 2. The number of carbonyl (C=O) groups excluding carboxylic acids is 2. The van der Waals surface area contributed by atoms with Crippen molar-refractivity contribution in [3.63, 3.8) is 0 Å². The fourth-order valence-electron chi connectivity index (χ4n) is 1.39. The molecule has 0 radical (unpaired) electrons. The van der Waals surface area contributed by atoms with Crippen molar-refractivity contribution >= 4 is 23.4 Å². The first-order chi connectivity index (χ1) is 8.01. The van der Waals surface area contributed by atoms with Gasteiger partial charge in [-0.15, -0.1) is 11.6 Å². The van der Waals surface area contributed by atoms with Crippen LogP contribution in [-0.2, 0) is 9.53 Å². The number of hydrogen-bond donors (Lipinski definition) is 0. The molecule has 0 fully saturated rings. The number of esters is 1. The first kappa shape index (κ1) is 13.5. The van der Waals surface area contributed by atoms with Gasteiger partial charge in [-0.2, -0.15) is 0 Å². The predicted octanol–water partition coefficient (Wildman–Crippen LogP) is 1.97. The zero-order chi connectivity index (χ0) is 13.0. The Kier molecular flexibility index (Phi) is 4.52. The number of alkyl halides is 1. The predicted molar refractivity (Wildman–Crippen MR) is 63.7 cm³/mol. The fourth-order valence-corrected chi connectivity index (χ4v) is 1.60. The molecular formula is C12H13ClO4. The summed E-state index contributed by atoms with van der Waals surface area (Å²) in [7, 11) is 2.73. The van der Waals surface area contributed by atoms with E-state index in [1.165, 1.54) is 7.11 Å². The van der Waals surface area contributed by atoms with Crippen molar-refractivity contribution in [2.75, 3.05) is 14.2 Å². The molecule has 1 atom stereocenters. The highest BCUT2D eigenvalue weighted by molar-refractivity contribution is 6.43. The van der Waals surface area contributed by atoms with Crippen LogP contribution < -0.4 is 4.74 Å². The van der Waals surface area contributed by atoms with Crippen LogP contribution in [0.5, 0.6) is 5.75 Å². The van der Waals surface area contributed by atoms with Crippen LogP contribution in [0.1, 0.15) is 15.9 Å². The van der Waals surface area contributed by atoms with Gasteiger partial charge < -0.3 is 9.47 Å². The summed E-state index contributed by atoms with van der Waals surface area (Å²) in [6.45, 7) is 1.80. The maximum absolute atomic E-state index is 11.8. The van der Waals surface area contributed by atoms with E-state index in [4.69, 9.17) is 16.3 Å². The van der Waals surface area contributed by atoms with Crippen molar-refractivity contribution in [3.8, 4) is 5.75 Å². The number of ether oxygens (including phenoxy) is 2. The molecule has 17 heavy (non-hydrogen) atoms. The average Bonchev–Trinajstić information content (AvgIpc) is 2.35. The molecule has 5 heteroatoms. The van der Waals surface area contributed by atoms with E-state index in [9.17, 15) is 9.59 Å². The highest BCUT2D eigenvalue weighted by Gasteiger charge is 2.26. The van der Waals surface area contributed by atoms with E-state index >= 15 is 0 Å². The van der Waals surface area contributed by atoms with Gasteiger partial charge >= 0.3 is 5.97 Å². The normalized spacial score (nSPS) is 11.8. The molecule has 0 aliphatic carbocycles. The second-order valence-corrected chi connectivity index (χ2v) is 3.87. The Morgan fingerprint density at radius 3 is 2.41 bits per heavy atom. The third-order valence-corrected chi connectivity index (χ3v) is 2.69. The highest BCUT2D eigenvalue weighted by atomic mass is 35.5. The van der Waals surface area contributed by atoms with Crippen LogP contribution in [0.2, 0.25) is 0 Å². The molecule has 92 valence electrons. The van der Waals surface area contributed by atoms with Crippen molar-refractivity contribution in [2.24, 2.45) is 0 Å². The molecule has 1 unspecified atom stereocenters. The van der Waals surface area contributed by atoms with Crippen LogP contribution in [0.3, 0.4) is 0 Å². The lowest BCUT2D eigenvalue weighted by atomic mass is 10.0. The zero-order valence-electron chi connectivity index (χ0n) is 9.82. The van der Waals surface area contributed by atoms with Gasteiger partial charge in [0, 0.05) is 5.56 Å². The third-order valence-electron chi connectivity index (χ3n) is 2.32. The summed E-state index contributed by atoms with van der Waals surface area (Å²) < 4.78 is 9.49. The van der Waals surface area contributed by atoms with Crippen molar-refractivity contribution in [2.45, 2.75) is 12.3 Å². The topological polar surface area (TPSA) is 52.6 Å². The fraction of sp³-hybridized carbons (Fsp3) is 0.333. The Labute approximate surface area is 104 Å². The van der Waals surface area contributed by atoms with Gasteiger partial charge in [0.2, 0.25) is 0 Å². The Bertz CT molecular complexity index is 442. The van der Waals surface area contributed by atoms with E-state index in [0.29, 0.717) is 11.3 Å². The second kappa shape index (κ2) is 5.68. The molecule has 0 aliphatic heterocycles. The van der Waals surface area contributed by atoms with Gasteiger partial charge in [0.05, 0.1) is 14.2 Å². The molecule has 1 rings (SSSR count). The van der Waals surface area contributed by atoms with Gasteiger partial charge in [0.1, 0.15) is 5.75 Å². The van der Waals surface area contributed by atoms with Gasteiger partial charge in [-0.05, 0) is 30.7 Å². The van der Waals surface area contributed by atoms with E-state index in [2.05, 4.69) is 4.74 Å². The van der Waals surface area contributed by atoms with Crippen LogP contribution in [0.4, 0.5) is 0 Å². The molecule has 0 amide bonds. The van der Waals surface area contributed by atoms with Gasteiger partial charge in [0.25, 0.3) is 0 Å². The van der Waals surface area contributed by atoms with Crippen molar-refractivity contribution in [1.82, 2.24) is 0 Å². The molecule has 4 nitrogen and oxygen atoms in total. The Morgan fingerprint density at radius 1 is 1.29 bits per heavy atom. The molecule has 0 N–H and O–H groups in total. The number of halogens is 1. The van der Waals surface area contributed by atoms with E-state index in [1.54, 1.807) is 32.2 Å². The number of benzene rings is 1. The van der Waals surface area contributed by atoms with E-state index in [1.807, 2.05) is 0 Å². The molecule has 0 aromatic heterocycles. The third kappa shape index (κ3) is 2.97. The SMILES string of the molecule is COC(=O)C(Cl)C(=O)c1ccc(OC)c(C)c1. The summed E-state index contributed by atoms with van der Waals surface area (Å²) in [5.41, 5.74) is 1.15. The largest absolute Gasteiger partial charge is 0.496 e. The van der Waals surface area contributed by atoms with E-state index in [0.717, 1.165) is 5.56 Å². The van der Waals surface area contributed by atoms with Crippen molar-refractivity contribution < 1.29 is 19.1 Å². The summed E-state index contributed by atoms with van der Waals surface area (Å²) in [5.74, 6) is -0.569. The Hall–Kier alpha value is -1.55. The Morgan fingerprint density at radius 2 is 1.94 bits per heavy atom. The number of carbonyl (C=O) groups is 2. The zero-order valence-corrected chi connectivity index (χ0v) is 10.6. The number of ketones is 1. The first-order valence-corrected chi connectivity index (χ1v) is 5.35. The molecule has 1 aromatic carbocycles. The van der Waals surface area contributed by atoms with Gasteiger partial charge in [0.15, 0.2) is 11.2 Å². The van der Waals surface area contributed by atoms with Crippen molar-refractivity contribution in [1.29, 1.82) is 0 Å². The minimum atomic E-state index is -1.31. The first-order valence-electron chi connectivity index (χ1n) is 4.92. The average molecular weight is 257 g/mol. The minimum absolute atomic E-state index is 0.355. The summed E-state index contributed by atoms with van der Waals surface area (Å²) in [4.78, 5) is 23.0. The maximum atomic E-state index is 11.8. The Balaban J connectivity index is 2.97. The molecule has 0 heterocycles. The molecule has 0 spiro atoms. The molecular weight excluding hydrogens is 244 g/mol. The molecule has 0 saturated heterocycles. The molecule has 0 saturated carbocycles. The molecule has 1 aromatic rings. The summed E-state index contributed by atoms with van der Waals surface area (Å²) in [6.07, 6.45) is 0. The highest BCUT2D eigenvalue weighted by Crippen LogP contribution is 2.20. The summed E-state index contributed by atoms with van der Waals surface area (Å²) >= 11 is 5.69. The van der Waals surface area contributed by atoms with E-state index < -0.39 is 17.1 Å². The number of Topliss-reactive ketones (excluding diaryl/α,β-unsaturated/α-hetero) is 1. The van der Waals surface area contributed by atoms with Crippen LogP contribution in [0.25, 0.3) is 0 Å². The van der Waals surface area contributed by atoms with Crippen LogP contribution >= 0.6 is 11.6 Å². The van der Waals surface area contributed by atoms with E-state index in [-0.39, 0.29) is 0 Å². The van der Waals surface area contributed by atoms with Crippen molar-refractivity contribution in [3.05, 3.63) is 29.3 Å². The minimum Gasteiger partial charge on any atom is -0.496 e. The standard InChI is InChI=1S/C12H13ClO4/c1-7-6-8(4-5-9(7)16-2)11(14)10(13)12(15)17-3/h4-6,10H,1-3H3. The number of hydrogen-bond acceptors (Lipinski definition) is 4. The lowest BCUT2D eigenvalue weighted by Crippen LogP contribution is -2.26. The summed E-state index contributed by atoms with van der Waals surface area (Å²) in [5, 5.41) is -1.31. The molecule has 0 aliphatic rings. The lowest BCUT2D eigenvalue weighted by Gasteiger charge is -2.09. The van der Waals surface area contributed by atoms with Crippen LogP contribution in [0.15, 0.2) is 18.2 Å².